The maximum atomic E-state index is 12.3. The van der Waals surface area contributed by atoms with Gasteiger partial charge < -0.3 is 10.4 Å². The van der Waals surface area contributed by atoms with Crippen molar-refractivity contribution in [1.29, 1.82) is 0 Å². The number of nitrogens with zero attached hydrogens (tertiary/aromatic N) is 2. The summed E-state index contributed by atoms with van der Waals surface area (Å²) in [6.07, 6.45) is 2.14. The zero-order valence-electron chi connectivity index (χ0n) is 12.1. The van der Waals surface area contributed by atoms with E-state index in [1.807, 2.05) is 26.8 Å². The third-order valence-corrected chi connectivity index (χ3v) is 3.93. The van der Waals surface area contributed by atoms with Crippen LogP contribution >= 0.6 is 0 Å². The van der Waals surface area contributed by atoms with Gasteiger partial charge in [0.25, 0.3) is 5.91 Å². The molecule has 1 heterocycles. The van der Waals surface area contributed by atoms with Gasteiger partial charge in [-0.05, 0) is 37.7 Å². The van der Waals surface area contributed by atoms with Crippen molar-refractivity contribution in [2.75, 3.05) is 6.61 Å². The maximum Gasteiger partial charge on any atom is 0.270 e. The van der Waals surface area contributed by atoms with Gasteiger partial charge in [0, 0.05) is 7.05 Å². The molecular weight excluding hydrogens is 242 g/mol. The second kappa shape index (κ2) is 4.96. The molecule has 1 aromatic rings. The molecule has 1 atom stereocenters. The molecule has 0 aromatic carbocycles. The van der Waals surface area contributed by atoms with E-state index in [-0.39, 0.29) is 12.5 Å². The first kappa shape index (κ1) is 14.1. The molecule has 1 aromatic heterocycles. The molecule has 0 saturated heterocycles. The van der Waals surface area contributed by atoms with Gasteiger partial charge in [-0.1, -0.05) is 13.8 Å². The number of hydrogen-bond donors (Lipinski definition) is 2. The summed E-state index contributed by atoms with van der Waals surface area (Å²) >= 11 is 0. The molecule has 1 aliphatic carbocycles. The van der Waals surface area contributed by atoms with E-state index in [0.717, 1.165) is 18.5 Å². The van der Waals surface area contributed by atoms with Crippen LogP contribution in [0, 0.1) is 5.92 Å². The highest BCUT2D eigenvalue weighted by atomic mass is 16.3. The number of rotatable bonds is 5. The van der Waals surface area contributed by atoms with Crippen molar-refractivity contribution in [1.82, 2.24) is 15.1 Å². The Kier molecular flexibility index (Phi) is 3.67. The van der Waals surface area contributed by atoms with Crippen molar-refractivity contribution in [2.24, 2.45) is 13.0 Å². The Morgan fingerprint density at radius 3 is 2.68 bits per heavy atom. The van der Waals surface area contributed by atoms with E-state index in [1.165, 1.54) is 0 Å². The molecule has 5 heteroatoms. The molecular formula is C14H23N3O2. The van der Waals surface area contributed by atoms with E-state index in [9.17, 15) is 9.90 Å². The lowest BCUT2D eigenvalue weighted by Gasteiger charge is -2.28. The fraction of sp³-hybridized carbons (Fsp3) is 0.714. The summed E-state index contributed by atoms with van der Waals surface area (Å²) in [5, 5.41) is 16.8. The minimum absolute atomic E-state index is 0.0295. The number of aliphatic hydroxyl groups is 1. The highest BCUT2D eigenvalue weighted by Crippen LogP contribution is 2.39. The first-order valence-corrected chi connectivity index (χ1v) is 6.84. The van der Waals surface area contributed by atoms with Crippen LogP contribution in [0.5, 0.6) is 0 Å². The number of amides is 1. The Hall–Kier alpha value is -1.36. The molecule has 5 nitrogen and oxygen atoms in total. The minimum Gasteiger partial charge on any atom is -0.394 e. The number of aliphatic hydroxyl groups excluding tert-OH is 1. The molecule has 1 amide bonds. The Morgan fingerprint density at radius 2 is 2.26 bits per heavy atom. The summed E-state index contributed by atoms with van der Waals surface area (Å²) in [5.74, 6) is 0.519. The van der Waals surface area contributed by atoms with Crippen molar-refractivity contribution in [3.05, 3.63) is 17.5 Å². The lowest BCUT2D eigenvalue weighted by molar-refractivity contribution is 0.0815. The monoisotopic (exact) mass is 265 g/mol. The van der Waals surface area contributed by atoms with E-state index in [0.29, 0.717) is 17.5 Å². The van der Waals surface area contributed by atoms with Crippen molar-refractivity contribution >= 4 is 5.91 Å². The number of nitrogens with one attached hydrogen (secondary N) is 1. The van der Waals surface area contributed by atoms with E-state index in [2.05, 4.69) is 10.4 Å². The van der Waals surface area contributed by atoms with Gasteiger partial charge in [-0.2, -0.15) is 5.10 Å². The summed E-state index contributed by atoms with van der Waals surface area (Å²) in [6, 6.07) is 1.82. The zero-order valence-corrected chi connectivity index (χ0v) is 12.1. The van der Waals surface area contributed by atoms with Crippen molar-refractivity contribution in [3.8, 4) is 0 Å². The average Bonchev–Trinajstić information content (AvgIpc) is 3.12. The van der Waals surface area contributed by atoms with E-state index in [1.54, 1.807) is 11.7 Å². The van der Waals surface area contributed by atoms with Gasteiger partial charge in [0.05, 0.1) is 17.8 Å². The van der Waals surface area contributed by atoms with Crippen LogP contribution < -0.4 is 5.32 Å². The van der Waals surface area contributed by atoms with E-state index >= 15 is 0 Å². The Morgan fingerprint density at radius 1 is 1.63 bits per heavy atom. The minimum atomic E-state index is -0.515. The summed E-state index contributed by atoms with van der Waals surface area (Å²) in [5.41, 5.74) is 0.938. The van der Waals surface area contributed by atoms with Gasteiger partial charge in [0.1, 0.15) is 5.69 Å². The van der Waals surface area contributed by atoms with Crippen LogP contribution in [0.4, 0.5) is 0 Å². The second-order valence-electron chi connectivity index (χ2n) is 6.04. The molecule has 1 aliphatic rings. The highest BCUT2D eigenvalue weighted by Gasteiger charge is 2.42. The predicted molar refractivity (Wildman–Crippen MR) is 73.0 cm³/mol. The summed E-state index contributed by atoms with van der Waals surface area (Å²) in [7, 11) is 1.77. The van der Waals surface area contributed by atoms with Gasteiger partial charge in [0.15, 0.2) is 0 Å². The van der Waals surface area contributed by atoms with Crippen LogP contribution in [0.1, 0.15) is 55.7 Å². The summed E-state index contributed by atoms with van der Waals surface area (Å²) in [4.78, 5) is 12.3. The summed E-state index contributed by atoms with van der Waals surface area (Å²) in [6.45, 7) is 5.97. The van der Waals surface area contributed by atoms with Crippen LogP contribution in [-0.4, -0.2) is 32.9 Å². The van der Waals surface area contributed by atoms with Crippen molar-refractivity contribution < 1.29 is 9.90 Å². The van der Waals surface area contributed by atoms with Crippen LogP contribution in [0.3, 0.4) is 0 Å². The van der Waals surface area contributed by atoms with Crippen molar-refractivity contribution in [3.63, 3.8) is 0 Å². The van der Waals surface area contributed by atoms with E-state index in [4.69, 9.17) is 0 Å². The molecule has 2 N–H and O–H groups in total. The Balaban J connectivity index is 2.15. The predicted octanol–water partition coefficient (Wildman–Crippen LogP) is 1.43. The molecule has 1 fully saturated rings. The van der Waals surface area contributed by atoms with Gasteiger partial charge in [-0.25, -0.2) is 0 Å². The molecule has 0 bridgehead atoms. The first-order valence-electron chi connectivity index (χ1n) is 6.84. The number of hydrogen-bond acceptors (Lipinski definition) is 3. The van der Waals surface area contributed by atoms with Gasteiger partial charge in [-0.15, -0.1) is 0 Å². The maximum absolute atomic E-state index is 12.3. The van der Waals surface area contributed by atoms with Gasteiger partial charge >= 0.3 is 0 Å². The zero-order chi connectivity index (χ0) is 14.2. The lowest BCUT2D eigenvalue weighted by Crippen LogP contribution is -2.51. The van der Waals surface area contributed by atoms with Gasteiger partial charge in [-0.3, -0.25) is 9.48 Å². The van der Waals surface area contributed by atoms with Crippen LogP contribution in [-0.2, 0) is 7.05 Å². The third-order valence-electron chi connectivity index (χ3n) is 3.93. The summed E-state index contributed by atoms with van der Waals surface area (Å²) < 4.78 is 1.61. The van der Waals surface area contributed by atoms with Gasteiger partial charge in [0.2, 0.25) is 0 Å². The van der Waals surface area contributed by atoms with Crippen molar-refractivity contribution in [2.45, 2.75) is 45.1 Å². The number of carbonyl (C=O) groups is 1. The number of carbonyl (C=O) groups excluding carboxylic acids is 1. The van der Waals surface area contributed by atoms with Crippen LogP contribution in [0.15, 0.2) is 6.07 Å². The number of aryl methyl sites for hydroxylation is 1. The Bertz CT molecular complexity index is 477. The molecule has 1 saturated carbocycles. The smallest absolute Gasteiger partial charge is 0.270 e. The molecule has 0 aliphatic heterocycles. The molecule has 0 spiro atoms. The third kappa shape index (κ3) is 2.81. The molecule has 0 radical (unpaired) electrons. The second-order valence-corrected chi connectivity index (χ2v) is 6.04. The quantitative estimate of drug-likeness (QED) is 0.846. The molecule has 106 valence electrons. The van der Waals surface area contributed by atoms with Crippen LogP contribution in [0.25, 0.3) is 0 Å². The fourth-order valence-corrected chi connectivity index (χ4v) is 2.30. The Labute approximate surface area is 114 Å². The SMILES string of the molecule is CC(C)c1cc(C(=O)NC(C)(CO)C2CC2)n(C)n1. The van der Waals surface area contributed by atoms with Crippen LogP contribution in [0.2, 0.25) is 0 Å². The largest absolute Gasteiger partial charge is 0.394 e. The molecule has 1 unspecified atom stereocenters. The topological polar surface area (TPSA) is 67.2 Å². The first-order chi connectivity index (χ1) is 8.87. The highest BCUT2D eigenvalue weighted by molar-refractivity contribution is 5.93. The molecule has 19 heavy (non-hydrogen) atoms. The van der Waals surface area contributed by atoms with E-state index < -0.39 is 5.54 Å². The lowest BCUT2D eigenvalue weighted by atomic mass is 9.96. The average molecular weight is 265 g/mol. The number of aromatic nitrogens is 2. The molecule has 2 rings (SSSR count). The normalized spacial score (nSPS) is 18.4. The fourth-order valence-electron chi connectivity index (χ4n) is 2.30. The standard InChI is InChI=1S/C14H23N3O2/c1-9(2)11-7-12(17(4)16-11)13(19)15-14(3,8-18)10-5-6-10/h7,9-10,18H,5-6,8H2,1-4H3,(H,15,19).